The summed E-state index contributed by atoms with van der Waals surface area (Å²) in [7, 11) is 0. The molecule has 0 saturated carbocycles. The first-order valence-electron chi connectivity index (χ1n) is 3.78. The first-order valence-corrected chi connectivity index (χ1v) is 4.86. The van der Waals surface area contributed by atoms with Crippen LogP contribution in [0.3, 0.4) is 0 Å². The summed E-state index contributed by atoms with van der Waals surface area (Å²) in [5.41, 5.74) is 1.97. The number of nitriles is 2. The Hall–Kier alpha value is -1.07. The topological polar surface area (TPSA) is 47.6 Å². The van der Waals surface area contributed by atoms with Crippen molar-refractivity contribution in [2.24, 2.45) is 0 Å². The molecule has 0 atom stereocenters. The van der Waals surface area contributed by atoms with Gasteiger partial charge in [-0.05, 0) is 45.9 Å². The highest BCUT2D eigenvalue weighted by Crippen LogP contribution is 2.13. The van der Waals surface area contributed by atoms with Gasteiger partial charge in [-0.15, -0.1) is 0 Å². The fourth-order valence-electron chi connectivity index (χ4n) is 1.10. The maximum atomic E-state index is 8.51. The van der Waals surface area contributed by atoms with Crippen LogP contribution in [0.25, 0.3) is 0 Å². The fraction of sp³-hybridized carbons (Fsp3) is 0.200. The molecule has 1 aromatic carbocycles. The van der Waals surface area contributed by atoms with E-state index in [-0.39, 0.29) is 0 Å². The molecular formula is C10H7IN2. The highest BCUT2D eigenvalue weighted by Gasteiger charge is 1.98. The Balaban J connectivity index is 2.99. The average Bonchev–Trinajstić information content (AvgIpc) is 2.04. The lowest BCUT2D eigenvalue weighted by atomic mass is 10.1. The molecule has 0 radical (unpaired) electrons. The van der Waals surface area contributed by atoms with Crippen LogP contribution in [-0.2, 0) is 12.8 Å². The molecule has 0 spiro atoms. The van der Waals surface area contributed by atoms with Gasteiger partial charge in [0.2, 0.25) is 0 Å². The molecule has 13 heavy (non-hydrogen) atoms. The SMILES string of the molecule is N#CCc1cc(I)cc(CC#N)c1. The molecule has 0 aliphatic carbocycles. The zero-order valence-corrected chi connectivity index (χ0v) is 9.08. The first kappa shape index (κ1) is 10.0. The van der Waals surface area contributed by atoms with Gasteiger partial charge in [-0.3, -0.25) is 0 Å². The van der Waals surface area contributed by atoms with Gasteiger partial charge in [0, 0.05) is 3.57 Å². The lowest BCUT2D eigenvalue weighted by molar-refractivity contribution is 1.19. The van der Waals surface area contributed by atoms with Crippen molar-refractivity contribution in [2.75, 3.05) is 0 Å². The lowest BCUT2D eigenvalue weighted by Crippen LogP contribution is -1.88. The van der Waals surface area contributed by atoms with E-state index in [0.29, 0.717) is 12.8 Å². The van der Waals surface area contributed by atoms with Gasteiger partial charge in [0.05, 0.1) is 25.0 Å². The largest absolute Gasteiger partial charge is 0.198 e. The number of hydrogen-bond donors (Lipinski definition) is 0. The van der Waals surface area contributed by atoms with Crippen molar-refractivity contribution < 1.29 is 0 Å². The molecule has 0 aromatic heterocycles. The van der Waals surface area contributed by atoms with Gasteiger partial charge in [-0.2, -0.15) is 10.5 Å². The molecule has 0 aliphatic heterocycles. The van der Waals surface area contributed by atoms with E-state index in [0.717, 1.165) is 14.7 Å². The summed E-state index contributed by atoms with van der Waals surface area (Å²) in [6.45, 7) is 0. The van der Waals surface area contributed by atoms with Crippen molar-refractivity contribution in [1.29, 1.82) is 10.5 Å². The molecule has 0 bridgehead atoms. The predicted molar refractivity (Wildman–Crippen MR) is 57.8 cm³/mol. The van der Waals surface area contributed by atoms with Crippen LogP contribution in [0, 0.1) is 26.2 Å². The van der Waals surface area contributed by atoms with Crippen LogP contribution in [0.1, 0.15) is 11.1 Å². The van der Waals surface area contributed by atoms with E-state index in [1.165, 1.54) is 0 Å². The van der Waals surface area contributed by atoms with Crippen molar-refractivity contribution >= 4 is 22.6 Å². The third kappa shape index (κ3) is 3.04. The molecule has 0 aliphatic rings. The molecular weight excluding hydrogens is 275 g/mol. The molecule has 1 rings (SSSR count). The van der Waals surface area contributed by atoms with Crippen molar-refractivity contribution in [1.82, 2.24) is 0 Å². The number of nitrogens with zero attached hydrogens (tertiary/aromatic N) is 2. The minimum atomic E-state index is 0.412. The third-order valence-corrected chi connectivity index (χ3v) is 2.21. The van der Waals surface area contributed by atoms with Gasteiger partial charge < -0.3 is 0 Å². The summed E-state index contributed by atoms with van der Waals surface area (Å²) in [4.78, 5) is 0. The van der Waals surface area contributed by atoms with E-state index >= 15 is 0 Å². The summed E-state index contributed by atoms with van der Waals surface area (Å²) in [5.74, 6) is 0. The Morgan fingerprint density at radius 2 is 1.46 bits per heavy atom. The molecule has 0 heterocycles. The highest BCUT2D eigenvalue weighted by molar-refractivity contribution is 14.1. The molecule has 2 nitrogen and oxygen atoms in total. The summed E-state index contributed by atoms with van der Waals surface area (Å²) in [6.07, 6.45) is 0.824. The van der Waals surface area contributed by atoms with E-state index < -0.39 is 0 Å². The lowest BCUT2D eigenvalue weighted by Gasteiger charge is -2.00. The van der Waals surface area contributed by atoms with Gasteiger partial charge >= 0.3 is 0 Å². The van der Waals surface area contributed by atoms with Crippen molar-refractivity contribution in [3.63, 3.8) is 0 Å². The normalized spacial score (nSPS) is 8.85. The molecule has 0 saturated heterocycles. The predicted octanol–water partition coefficient (Wildman–Crippen LogP) is 2.42. The highest BCUT2D eigenvalue weighted by atomic mass is 127. The van der Waals surface area contributed by atoms with Crippen LogP contribution >= 0.6 is 22.6 Å². The van der Waals surface area contributed by atoms with Crippen LogP contribution in [-0.4, -0.2) is 0 Å². The van der Waals surface area contributed by atoms with Crippen molar-refractivity contribution in [2.45, 2.75) is 12.8 Å². The maximum Gasteiger partial charge on any atom is 0.0669 e. The molecule has 0 fully saturated rings. The Labute approximate surface area is 90.9 Å². The maximum absolute atomic E-state index is 8.51. The smallest absolute Gasteiger partial charge is 0.0669 e. The Bertz CT molecular complexity index is 351. The zero-order chi connectivity index (χ0) is 9.68. The van der Waals surface area contributed by atoms with Crippen LogP contribution in [0.15, 0.2) is 18.2 Å². The molecule has 0 unspecified atom stereocenters. The standard InChI is InChI=1S/C10H7IN2/c11-10-6-8(1-3-12)5-9(7-10)2-4-13/h5-7H,1-2H2. The number of benzene rings is 1. The van der Waals surface area contributed by atoms with Crippen LogP contribution < -0.4 is 0 Å². The minimum Gasteiger partial charge on any atom is -0.198 e. The Kier molecular flexibility index (Phi) is 3.72. The molecule has 1 aromatic rings. The zero-order valence-electron chi connectivity index (χ0n) is 6.92. The van der Waals surface area contributed by atoms with Crippen LogP contribution in [0.4, 0.5) is 0 Å². The van der Waals surface area contributed by atoms with E-state index in [2.05, 4.69) is 34.7 Å². The van der Waals surface area contributed by atoms with E-state index in [4.69, 9.17) is 10.5 Å². The van der Waals surface area contributed by atoms with Gasteiger partial charge in [-0.25, -0.2) is 0 Å². The monoisotopic (exact) mass is 282 g/mol. The second kappa shape index (κ2) is 4.84. The van der Waals surface area contributed by atoms with Gasteiger partial charge in [0.25, 0.3) is 0 Å². The second-order valence-corrected chi connectivity index (χ2v) is 3.88. The van der Waals surface area contributed by atoms with Crippen LogP contribution in [0.5, 0.6) is 0 Å². The summed E-state index contributed by atoms with van der Waals surface area (Å²) >= 11 is 2.19. The molecule has 64 valence electrons. The van der Waals surface area contributed by atoms with E-state index in [1.807, 2.05) is 18.2 Å². The van der Waals surface area contributed by atoms with Gasteiger partial charge in [0.1, 0.15) is 0 Å². The molecule has 0 N–H and O–H groups in total. The second-order valence-electron chi connectivity index (χ2n) is 2.64. The van der Waals surface area contributed by atoms with Gasteiger partial charge in [-0.1, -0.05) is 6.07 Å². The molecule has 0 amide bonds. The number of halogens is 1. The minimum absolute atomic E-state index is 0.412. The Morgan fingerprint density at radius 3 is 1.85 bits per heavy atom. The van der Waals surface area contributed by atoms with Gasteiger partial charge in [0.15, 0.2) is 0 Å². The average molecular weight is 282 g/mol. The number of rotatable bonds is 2. The number of hydrogen-bond acceptors (Lipinski definition) is 2. The summed E-state index contributed by atoms with van der Waals surface area (Å²) in [5, 5.41) is 17.0. The summed E-state index contributed by atoms with van der Waals surface area (Å²) in [6, 6.07) is 10.0. The van der Waals surface area contributed by atoms with Crippen molar-refractivity contribution in [3.05, 3.63) is 32.9 Å². The quantitative estimate of drug-likeness (QED) is 0.782. The van der Waals surface area contributed by atoms with Crippen molar-refractivity contribution in [3.8, 4) is 12.1 Å². The Morgan fingerprint density at radius 1 is 1.00 bits per heavy atom. The van der Waals surface area contributed by atoms with E-state index in [1.54, 1.807) is 0 Å². The first-order chi connectivity index (χ1) is 6.26. The van der Waals surface area contributed by atoms with E-state index in [9.17, 15) is 0 Å². The molecule has 3 heteroatoms. The fourth-order valence-corrected chi connectivity index (χ4v) is 1.90. The van der Waals surface area contributed by atoms with Crippen LogP contribution in [0.2, 0.25) is 0 Å². The summed E-state index contributed by atoms with van der Waals surface area (Å²) < 4.78 is 1.08. The third-order valence-electron chi connectivity index (χ3n) is 1.58.